The van der Waals surface area contributed by atoms with Gasteiger partial charge < -0.3 is 23.7 Å². The normalized spacial score (nSPS) is 14.4. The number of fused-ring (bicyclic) bond motifs is 1. The molecule has 1 heterocycles. The van der Waals surface area contributed by atoms with Gasteiger partial charge in [0.2, 0.25) is 0 Å². The molecular formula is C25H30O8S. The summed E-state index contributed by atoms with van der Waals surface area (Å²) in [5.41, 5.74) is 0.678. The van der Waals surface area contributed by atoms with E-state index in [2.05, 4.69) is 0 Å². The first-order chi connectivity index (χ1) is 16.4. The molecule has 0 amide bonds. The summed E-state index contributed by atoms with van der Waals surface area (Å²) in [5.74, 6) is 1.30. The fraction of sp³-hybridized carbons (Fsp3) is 0.400. The molecular weight excluding hydrogens is 460 g/mol. The predicted octanol–water partition coefficient (Wildman–Crippen LogP) is 4.42. The SMILES string of the molecule is CCCOCCOc1ccc(Oc2ccc3c(c2)C=C(C(=O)OC)CCS3(=O)=O)cc1OCC. The van der Waals surface area contributed by atoms with Gasteiger partial charge in [-0.05, 0) is 61.7 Å². The average molecular weight is 491 g/mol. The van der Waals surface area contributed by atoms with Gasteiger partial charge in [-0.1, -0.05) is 6.92 Å². The Morgan fingerprint density at radius 1 is 0.941 bits per heavy atom. The maximum absolute atomic E-state index is 12.7. The van der Waals surface area contributed by atoms with Crippen molar-refractivity contribution in [3.63, 3.8) is 0 Å². The van der Waals surface area contributed by atoms with Crippen molar-refractivity contribution in [3.8, 4) is 23.0 Å². The maximum Gasteiger partial charge on any atom is 0.333 e. The first-order valence-electron chi connectivity index (χ1n) is 11.2. The van der Waals surface area contributed by atoms with Gasteiger partial charge in [-0.2, -0.15) is 0 Å². The van der Waals surface area contributed by atoms with Gasteiger partial charge in [0.05, 0.1) is 31.0 Å². The maximum atomic E-state index is 12.7. The van der Waals surface area contributed by atoms with Crippen molar-refractivity contribution in [2.24, 2.45) is 0 Å². The highest BCUT2D eigenvalue weighted by atomic mass is 32.2. The van der Waals surface area contributed by atoms with Crippen LogP contribution in [0.2, 0.25) is 0 Å². The monoisotopic (exact) mass is 490 g/mol. The molecule has 0 atom stereocenters. The zero-order valence-corrected chi connectivity index (χ0v) is 20.5. The van der Waals surface area contributed by atoms with Crippen LogP contribution >= 0.6 is 0 Å². The van der Waals surface area contributed by atoms with Crippen LogP contribution in [-0.2, 0) is 24.1 Å². The summed E-state index contributed by atoms with van der Waals surface area (Å²) < 4.78 is 53.0. The van der Waals surface area contributed by atoms with E-state index in [0.29, 0.717) is 60.6 Å². The van der Waals surface area contributed by atoms with Gasteiger partial charge >= 0.3 is 5.97 Å². The second kappa shape index (κ2) is 11.9. The van der Waals surface area contributed by atoms with Crippen LogP contribution in [0.15, 0.2) is 46.9 Å². The zero-order chi connectivity index (χ0) is 24.6. The van der Waals surface area contributed by atoms with Gasteiger partial charge in [-0.15, -0.1) is 0 Å². The Morgan fingerprint density at radius 2 is 1.71 bits per heavy atom. The molecule has 1 aliphatic heterocycles. The highest BCUT2D eigenvalue weighted by Gasteiger charge is 2.25. The van der Waals surface area contributed by atoms with E-state index in [4.69, 9.17) is 23.7 Å². The minimum Gasteiger partial charge on any atom is -0.490 e. The largest absolute Gasteiger partial charge is 0.490 e. The Balaban J connectivity index is 1.83. The zero-order valence-electron chi connectivity index (χ0n) is 19.7. The van der Waals surface area contributed by atoms with Gasteiger partial charge in [-0.25, -0.2) is 13.2 Å². The van der Waals surface area contributed by atoms with Crippen molar-refractivity contribution < 1.29 is 36.9 Å². The van der Waals surface area contributed by atoms with Crippen LogP contribution in [0.4, 0.5) is 0 Å². The summed E-state index contributed by atoms with van der Waals surface area (Å²) in [5, 5.41) is 0. The third-order valence-electron chi connectivity index (χ3n) is 5.02. The van der Waals surface area contributed by atoms with Crippen LogP contribution in [0.5, 0.6) is 23.0 Å². The summed E-state index contributed by atoms with van der Waals surface area (Å²) in [4.78, 5) is 12.2. The number of benzene rings is 2. The van der Waals surface area contributed by atoms with Crippen LogP contribution in [0, 0.1) is 0 Å². The molecule has 34 heavy (non-hydrogen) atoms. The van der Waals surface area contributed by atoms with Crippen LogP contribution in [0.3, 0.4) is 0 Å². The summed E-state index contributed by atoms with van der Waals surface area (Å²) >= 11 is 0. The molecule has 8 nitrogen and oxygen atoms in total. The molecule has 0 saturated heterocycles. The Kier molecular flexibility index (Phi) is 8.95. The molecule has 0 spiro atoms. The predicted molar refractivity (Wildman–Crippen MR) is 127 cm³/mol. The smallest absolute Gasteiger partial charge is 0.333 e. The summed E-state index contributed by atoms with van der Waals surface area (Å²) in [6, 6.07) is 9.88. The van der Waals surface area contributed by atoms with Crippen molar-refractivity contribution in [1.82, 2.24) is 0 Å². The number of carbonyl (C=O) groups excluding carboxylic acids is 1. The molecule has 0 unspecified atom stereocenters. The lowest BCUT2D eigenvalue weighted by molar-refractivity contribution is -0.136. The van der Waals surface area contributed by atoms with Crippen LogP contribution in [0.1, 0.15) is 32.3 Å². The van der Waals surface area contributed by atoms with E-state index in [1.807, 2.05) is 13.8 Å². The Bertz CT molecular complexity index is 1140. The van der Waals surface area contributed by atoms with E-state index in [1.54, 1.807) is 36.4 Å². The third kappa shape index (κ3) is 6.51. The van der Waals surface area contributed by atoms with E-state index in [0.717, 1.165) is 6.42 Å². The fourth-order valence-electron chi connectivity index (χ4n) is 3.42. The minimum absolute atomic E-state index is 0.0859. The Hall–Kier alpha value is -3.04. The van der Waals surface area contributed by atoms with Crippen molar-refractivity contribution in [3.05, 3.63) is 47.5 Å². The van der Waals surface area contributed by atoms with E-state index in [9.17, 15) is 13.2 Å². The fourth-order valence-corrected chi connectivity index (χ4v) is 4.89. The van der Waals surface area contributed by atoms with E-state index in [-0.39, 0.29) is 17.1 Å². The lowest BCUT2D eigenvalue weighted by Gasteiger charge is -2.14. The molecule has 0 radical (unpaired) electrons. The van der Waals surface area contributed by atoms with Gasteiger partial charge in [0, 0.05) is 18.2 Å². The molecule has 0 saturated carbocycles. The number of carbonyl (C=O) groups is 1. The van der Waals surface area contributed by atoms with Crippen LogP contribution in [-0.4, -0.2) is 53.7 Å². The molecule has 0 bridgehead atoms. The molecule has 0 fully saturated rings. The number of rotatable bonds is 11. The Morgan fingerprint density at radius 3 is 2.44 bits per heavy atom. The molecule has 0 aromatic heterocycles. The highest BCUT2D eigenvalue weighted by molar-refractivity contribution is 7.91. The quantitative estimate of drug-likeness (QED) is 0.337. The Labute approximate surface area is 200 Å². The molecule has 2 aromatic carbocycles. The molecule has 0 aliphatic carbocycles. The number of methoxy groups -OCH3 is 1. The van der Waals surface area contributed by atoms with Crippen LogP contribution < -0.4 is 14.2 Å². The van der Waals surface area contributed by atoms with Gasteiger partial charge in [0.1, 0.15) is 18.1 Å². The summed E-state index contributed by atoms with van der Waals surface area (Å²) in [6.07, 6.45) is 2.58. The van der Waals surface area contributed by atoms with E-state index in [1.165, 1.54) is 13.2 Å². The first-order valence-corrected chi connectivity index (χ1v) is 12.8. The lowest BCUT2D eigenvalue weighted by Crippen LogP contribution is -2.10. The van der Waals surface area contributed by atoms with E-state index >= 15 is 0 Å². The second-order valence-electron chi connectivity index (χ2n) is 7.53. The number of esters is 1. The topological polar surface area (TPSA) is 97.4 Å². The first kappa shape index (κ1) is 25.6. The molecule has 3 rings (SSSR count). The molecule has 0 N–H and O–H groups in total. The second-order valence-corrected chi connectivity index (χ2v) is 9.61. The summed E-state index contributed by atoms with van der Waals surface area (Å²) in [7, 11) is -2.27. The number of hydrogen-bond acceptors (Lipinski definition) is 8. The van der Waals surface area contributed by atoms with Crippen molar-refractivity contribution in [2.75, 3.05) is 39.3 Å². The third-order valence-corrected chi connectivity index (χ3v) is 6.80. The molecule has 184 valence electrons. The van der Waals surface area contributed by atoms with Gasteiger partial charge in [0.15, 0.2) is 21.3 Å². The minimum atomic E-state index is -3.54. The van der Waals surface area contributed by atoms with Crippen molar-refractivity contribution >= 4 is 21.9 Å². The lowest BCUT2D eigenvalue weighted by atomic mass is 10.1. The standard InChI is InChI=1S/C25H30O8S/c1-4-11-30-12-13-32-22-8-6-21(17-23(22)31-5-2)33-20-7-9-24-19(16-20)15-18(25(26)29-3)10-14-34(24,27)28/h6-9,15-17H,4-5,10-14H2,1-3H3. The number of ether oxygens (including phenoxy) is 5. The molecule has 2 aromatic rings. The van der Waals surface area contributed by atoms with Crippen LogP contribution in [0.25, 0.3) is 6.08 Å². The van der Waals surface area contributed by atoms with E-state index < -0.39 is 15.8 Å². The van der Waals surface area contributed by atoms with Crippen molar-refractivity contribution in [1.29, 1.82) is 0 Å². The number of hydrogen-bond donors (Lipinski definition) is 0. The average Bonchev–Trinajstić information content (AvgIpc) is 2.95. The summed E-state index contributed by atoms with van der Waals surface area (Å²) in [6.45, 7) is 5.94. The van der Waals surface area contributed by atoms with Gasteiger partial charge in [0.25, 0.3) is 0 Å². The molecule has 1 aliphatic rings. The highest BCUT2D eigenvalue weighted by Crippen LogP contribution is 2.35. The van der Waals surface area contributed by atoms with Crippen molar-refractivity contribution in [2.45, 2.75) is 31.6 Å². The van der Waals surface area contributed by atoms with Gasteiger partial charge in [-0.3, -0.25) is 0 Å². The molecule has 9 heteroatoms. The number of sulfone groups is 1.